The Hall–Kier alpha value is -1.81. The number of esters is 1. The summed E-state index contributed by atoms with van der Waals surface area (Å²) in [5.41, 5.74) is 1.55. The van der Waals surface area contributed by atoms with Crippen molar-refractivity contribution in [2.24, 2.45) is 0 Å². The van der Waals surface area contributed by atoms with Crippen molar-refractivity contribution >= 4 is 16.9 Å². The molecular weight excluding hydrogens is 228 g/mol. The van der Waals surface area contributed by atoms with Crippen molar-refractivity contribution in [3.63, 3.8) is 0 Å². The second-order valence-electron chi connectivity index (χ2n) is 4.57. The summed E-state index contributed by atoms with van der Waals surface area (Å²) < 4.78 is 5.22. The van der Waals surface area contributed by atoms with Crippen LogP contribution in [0.5, 0.6) is 0 Å². The van der Waals surface area contributed by atoms with Crippen LogP contribution < -0.4 is 0 Å². The number of nitrogens with zero attached hydrogens (tertiary/aromatic N) is 1. The van der Waals surface area contributed by atoms with E-state index >= 15 is 0 Å². The molecule has 0 fully saturated rings. The van der Waals surface area contributed by atoms with Gasteiger partial charge in [-0.25, -0.2) is 4.79 Å². The molecule has 0 radical (unpaired) electrons. The zero-order chi connectivity index (χ0) is 13.0. The molecule has 1 aromatic carbocycles. The number of ether oxygens (including phenoxy) is 1. The van der Waals surface area contributed by atoms with Crippen molar-refractivity contribution in [2.75, 3.05) is 27.2 Å². The molecule has 4 nitrogen and oxygen atoms in total. The minimum absolute atomic E-state index is 0.259. The minimum atomic E-state index is -0.259. The zero-order valence-corrected chi connectivity index (χ0v) is 10.8. The van der Waals surface area contributed by atoms with Crippen molar-refractivity contribution in [3.05, 3.63) is 36.0 Å². The topological polar surface area (TPSA) is 45.3 Å². The summed E-state index contributed by atoms with van der Waals surface area (Å²) in [5.74, 6) is -0.259. The zero-order valence-electron chi connectivity index (χ0n) is 10.8. The third-order valence-corrected chi connectivity index (χ3v) is 2.77. The second kappa shape index (κ2) is 5.69. The van der Waals surface area contributed by atoms with Gasteiger partial charge in [0, 0.05) is 18.3 Å². The van der Waals surface area contributed by atoms with E-state index < -0.39 is 0 Å². The fourth-order valence-electron chi connectivity index (χ4n) is 1.80. The third-order valence-electron chi connectivity index (χ3n) is 2.77. The van der Waals surface area contributed by atoms with Gasteiger partial charge < -0.3 is 14.6 Å². The van der Waals surface area contributed by atoms with Crippen molar-refractivity contribution in [3.8, 4) is 0 Å². The van der Waals surface area contributed by atoms with E-state index in [1.54, 1.807) is 6.07 Å². The highest BCUT2D eigenvalue weighted by molar-refractivity contribution is 5.94. The first-order valence-corrected chi connectivity index (χ1v) is 6.06. The molecule has 18 heavy (non-hydrogen) atoms. The normalized spacial score (nSPS) is 11.1. The summed E-state index contributed by atoms with van der Waals surface area (Å²) >= 11 is 0. The van der Waals surface area contributed by atoms with Crippen molar-refractivity contribution in [2.45, 2.75) is 6.42 Å². The summed E-state index contributed by atoms with van der Waals surface area (Å²) in [5, 5.41) is 1.10. The van der Waals surface area contributed by atoms with Crippen LogP contribution >= 0.6 is 0 Å². The van der Waals surface area contributed by atoms with Crippen LogP contribution in [0.25, 0.3) is 10.9 Å². The van der Waals surface area contributed by atoms with Crippen LogP contribution in [0.4, 0.5) is 0 Å². The molecule has 0 aliphatic rings. The number of H-pyrrole nitrogens is 1. The van der Waals surface area contributed by atoms with Gasteiger partial charge in [0.1, 0.15) is 0 Å². The molecule has 4 heteroatoms. The minimum Gasteiger partial charge on any atom is -0.462 e. The maximum atomic E-state index is 11.8. The predicted octanol–water partition coefficient (Wildman–Crippen LogP) is 2.28. The number of hydrogen-bond donors (Lipinski definition) is 1. The van der Waals surface area contributed by atoms with E-state index in [9.17, 15) is 4.79 Å². The highest BCUT2D eigenvalue weighted by Gasteiger charge is 2.08. The second-order valence-corrected chi connectivity index (χ2v) is 4.57. The number of fused-ring (bicyclic) bond motifs is 1. The van der Waals surface area contributed by atoms with Gasteiger partial charge in [0.2, 0.25) is 0 Å². The fraction of sp³-hybridized carbons (Fsp3) is 0.357. The lowest BCUT2D eigenvalue weighted by atomic mass is 10.2. The Balaban J connectivity index is 1.92. The molecule has 0 aliphatic carbocycles. The highest BCUT2D eigenvalue weighted by atomic mass is 16.5. The first kappa shape index (κ1) is 12.6. The van der Waals surface area contributed by atoms with Gasteiger partial charge in [0.25, 0.3) is 0 Å². The molecule has 96 valence electrons. The quantitative estimate of drug-likeness (QED) is 0.650. The Morgan fingerprint density at radius 3 is 2.94 bits per heavy atom. The first-order valence-electron chi connectivity index (χ1n) is 6.06. The molecule has 0 saturated heterocycles. The molecule has 0 atom stereocenters. The van der Waals surface area contributed by atoms with Gasteiger partial charge in [-0.05, 0) is 44.1 Å². The molecule has 0 amide bonds. The van der Waals surface area contributed by atoms with E-state index in [1.165, 1.54) is 0 Å². The van der Waals surface area contributed by atoms with Crippen molar-refractivity contribution in [1.82, 2.24) is 9.88 Å². The first-order chi connectivity index (χ1) is 8.66. The smallest absolute Gasteiger partial charge is 0.338 e. The molecule has 0 saturated carbocycles. The summed E-state index contributed by atoms with van der Waals surface area (Å²) in [4.78, 5) is 17.0. The largest absolute Gasteiger partial charge is 0.462 e. The molecular formula is C14H18N2O2. The van der Waals surface area contributed by atoms with E-state index in [1.807, 2.05) is 38.5 Å². The summed E-state index contributed by atoms with van der Waals surface area (Å²) in [6.45, 7) is 1.38. The Morgan fingerprint density at radius 1 is 1.33 bits per heavy atom. The van der Waals surface area contributed by atoms with Crippen LogP contribution in [0.15, 0.2) is 30.5 Å². The highest BCUT2D eigenvalue weighted by Crippen LogP contribution is 2.14. The average Bonchev–Trinajstić information content (AvgIpc) is 2.81. The monoisotopic (exact) mass is 246 g/mol. The number of hydrogen-bond acceptors (Lipinski definition) is 3. The van der Waals surface area contributed by atoms with Gasteiger partial charge in [-0.1, -0.05) is 6.07 Å². The molecule has 1 heterocycles. The maximum Gasteiger partial charge on any atom is 0.338 e. The van der Waals surface area contributed by atoms with E-state index in [-0.39, 0.29) is 5.97 Å². The van der Waals surface area contributed by atoms with E-state index in [4.69, 9.17) is 4.74 Å². The Morgan fingerprint density at radius 2 is 2.17 bits per heavy atom. The van der Waals surface area contributed by atoms with Crippen molar-refractivity contribution < 1.29 is 9.53 Å². The van der Waals surface area contributed by atoms with Crippen LogP contribution in [-0.4, -0.2) is 43.1 Å². The number of carbonyl (C=O) groups is 1. The molecule has 2 rings (SSSR count). The van der Waals surface area contributed by atoms with Gasteiger partial charge >= 0.3 is 5.97 Å². The molecule has 0 bridgehead atoms. The Labute approximate surface area is 107 Å². The van der Waals surface area contributed by atoms with Crippen molar-refractivity contribution in [1.29, 1.82) is 0 Å². The predicted molar refractivity (Wildman–Crippen MR) is 71.8 cm³/mol. The lowest BCUT2D eigenvalue weighted by Gasteiger charge is -2.09. The number of benzene rings is 1. The Bertz CT molecular complexity index is 531. The van der Waals surface area contributed by atoms with Gasteiger partial charge in [-0.2, -0.15) is 0 Å². The molecule has 0 aliphatic heterocycles. The number of nitrogens with one attached hydrogen (secondary N) is 1. The number of aromatic nitrogens is 1. The Kier molecular flexibility index (Phi) is 3.99. The molecule has 2 aromatic rings. The molecule has 1 N–H and O–H groups in total. The lowest BCUT2D eigenvalue weighted by molar-refractivity contribution is 0.0493. The van der Waals surface area contributed by atoms with Crippen LogP contribution in [0.1, 0.15) is 16.8 Å². The van der Waals surface area contributed by atoms with Gasteiger partial charge in [0.15, 0.2) is 0 Å². The number of rotatable bonds is 5. The maximum absolute atomic E-state index is 11.8. The van der Waals surface area contributed by atoms with Crippen LogP contribution in [0, 0.1) is 0 Å². The average molecular weight is 246 g/mol. The standard InChI is InChI=1S/C14H18N2O2/c1-16(2)8-3-9-18-14(17)12-5-4-11-6-7-15-13(11)10-12/h4-7,10,15H,3,8-9H2,1-2H3. The van der Waals surface area contributed by atoms with Crippen LogP contribution in [0.2, 0.25) is 0 Å². The SMILES string of the molecule is CN(C)CCCOC(=O)c1ccc2cc[nH]c2c1. The summed E-state index contributed by atoms with van der Waals surface area (Å²) in [7, 11) is 4.00. The molecule has 0 spiro atoms. The van der Waals surface area contributed by atoms with Gasteiger partial charge in [-0.15, -0.1) is 0 Å². The van der Waals surface area contributed by atoms with Gasteiger partial charge in [-0.3, -0.25) is 0 Å². The molecule has 1 aromatic heterocycles. The van der Waals surface area contributed by atoms with Crippen LogP contribution in [-0.2, 0) is 4.74 Å². The summed E-state index contributed by atoms with van der Waals surface area (Å²) in [6.07, 6.45) is 2.71. The fourth-order valence-corrected chi connectivity index (χ4v) is 1.80. The summed E-state index contributed by atoms with van der Waals surface area (Å²) in [6, 6.07) is 7.51. The van der Waals surface area contributed by atoms with E-state index in [2.05, 4.69) is 9.88 Å². The third kappa shape index (κ3) is 3.11. The lowest BCUT2D eigenvalue weighted by Crippen LogP contribution is -2.16. The van der Waals surface area contributed by atoms with E-state index in [0.717, 1.165) is 23.9 Å². The number of carbonyl (C=O) groups excluding carboxylic acids is 1. The van der Waals surface area contributed by atoms with Crippen LogP contribution in [0.3, 0.4) is 0 Å². The molecule has 0 unspecified atom stereocenters. The van der Waals surface area contributed by atoms with E-state index in [0.29, 0.717) is 12.2 Å². The van der Waals surface area contributed by atoms with Gasteiger partial charge in [0.05, 0.1) is 12.2 Å². The number of aromatic amines is 1.